The first kappa shape index (κ1) is 12.9. The number of urea groups is 1. The Hall–Kier alpha value is -0.770. The molecule has 0 aromatic heterocycles. The smallest absolute Gasteiger partial charge is 0.315 e. The molecule has 0 radical (unpaired) electrons. The maximum absolute atomic E-state index is 12.3. The minimum absolute atomic E-state index is 0.0183. The number of fused-ring (bicyclic) bond motifs is 2. The largest absolute Gasteiger partial charge is 0.396 e. The molecule has 0 spiro atoms. The minimum atomic E-state index is 0.0183. The number of amides is 2. The second-order valence-corrected chi connectivity index (χ2v) is 7.52. The van der Waals surface area contributed by atoms with Crippen LogP contribution in [0.15, 0.2) is 0 Å². The molecule has 2 bridgehead atoms. The molecule has 3 N–H and O–H groups in total. The van der Waals surface area contributed by atoms with E-state index in [0.717, 1.165) is 11.8 Å². The lowest BCUT2D eigenvalue weighted by Gasteiger charge is -2.31. The fraction of sp³-hybridized carbons (Fsp3) is 0.938. The lowest BCUT2D eigenvalue weighted by Crippen LogP contribution is -2.52. The predicted molar refractivity (Wildman–Crippen MR) is 76.1 cm³/mol. The summed E-state index contributed by atoms with van der Waals surface area (Å²) in [6, 6.07) is 0.642. The monoisotopic (exact) mass is 278 g/mol. The topological polar surface area (TPSA) is 61.4 Å². The van der Waals surface area contributed by atoms with Gasteiger partial charge < -0.3 is 15.7 Å². The molecule has 4 heteroatoms. The average Bonchev–Trinajstić information content (AvgIpc) is 3.36. The van der Waals surface area contributed by atoms with Crippen molar-refractivity contribution >= 4 is 6.03 Å². The highest BCUT2D eigenvalue weighted by Crippen LogP contribution is 2.48. The van der Waals surface area contributed by atoms with Crippen molar-refractivity contribution in [2.24, 2.45) is 29.6 Å². The van der Waals surface area contributed by atoms with Crippen molar-refractivity contribution in [1.29, 1.82) is 0 Å². The SMILES string of the molecule is O=C(NC(C1CC1)C1CC1)NC1C2CCC(C2)C1CO. The molecule has 0 aromatic carbocycles. The first-order valence-electron chi connectivity index (χ1n) is 8.44. The number of nitrogens with one attached hydrogen (secondary N) is 2. The Morgan fingerprint density at radius 2 is 1.70 bits per heavy atom. The summed E-state index contributed by atoms with van der Waals surface area (Å²) in [5, 5.41) is 16.0. The molecule has 4 aliphatic rings. The summed E-state index contributed by atoms with van der Waals surface area (Å²) in [4.78, 5) is 12.3. The summed E-state index contributed by atoms with van der Waals surface area (Å²) >= 11 is 0. The summed E-state index contributed by atoms with van der Waals surface area (Å²) in [5.74, 6) is 3.00. The molecule has 4 atom stereocenters. The van der Waals surface area contributed by atoms with Crippen LogP contribution in [-0.4, -0.2) is 29.8 Å². The Morgan fingerprint density at radius 1 is 1.05 bits per heavy atom. The van der Waals surface area contributed by atoms with Gasteiger partial charge >= 0.3 is 6.03 Å². The Kier molecular flexibility index (Phi) is 3.17. The zero-order chi connectivity index (χ0) is 13.7. The molecule has 0 aliphatic heterocycles. The van der Waals surface area contributed by atoms with Gasteiger partial charge in [0, 0.05) is 24.6 Å². The number of aliphatic hydroxyl groups excluding tert-OH is 1. The molecule has 2 amide bonds. The highest BCUT2D eigenvalue weighted by atomic mass is 16.3. The summed E-state index contributed by atoms with van der Waals surface area (Å²) in [6.07, 6.45) is 8.81. The lowest BCUT2D eigenvalue weighted by molar-refractivity contribution is 0.143. The molecule has 0 heterocycles. The van der Waals surface area contributed by atoms with E-state index in [2.05, 4.69) is 10.6 Å². The molecule has 0 saturated heterocycles. The van der Waals surface area contributed by atoms with Crippen LogP contribution in [0.4, 0.5) is 4.79 Å². The summed E-state index contributed by atoms with van der Waals surface area (Å²) in [6.45, 7) is 0.223. The van der Waals surface area contributed by atoms with Gasteiger partial charge in [0.05, 0.1) is 0 Å². The van der Waals surface area contributed by atoms with Gasteiger partial charge in [-0.3, -0.25) is 0 Å². The number of rotatable bonds is 5. The molecule has 20 heavy (non-hydrogen) atoms. The van der Waals surface area contributed by atoms with Gasteiger partial charge in [-0.1, -0.05) is 0 Å². The van der Waals surface area contributed by atoms with Crippen molar-refractivity contribution < 1.29 is 9.90 Å². The fourth-order valence-corrected chi connectivity index (χ4v) is 4.77. The van der Waals surface area contributed by atoms with Crippen LogP contribution in [0.5, 0.6) is 0 Å². The van der Waals surface area contributed by atoms with Crippen LogP contribution in [0, 0.1) is 29.6 Å². The first-order chi connectivity index (χ1) is 9.76. The van der Waals surface area contributed by atoms with Gasteiger partial charge in [-0.2, -0.15) is 0 Å². The van der Waals surface area contributed by atoms with Crippen LogP contribution in [0.1, 0.15) is 44.9 Å². The molecule has 0 aromatic rings. The van der Waals surface area contributed by atoms with Gasteiger partial charge in [0.1, 0.15) is 0 Å². The van der Waals surface area contributed by atoms with Gasteiger partial charge in [0.15, 0.2) is 0 Å². The Balaban J connectivity index is 1.35. The molecule has 4 nitrogen and oxygen atoms in total. The van der Waals surface area contributed by atoms with E-state index in [0.29, 0.717) is 23.8 Å². The van der Waals surface area contributed by atoms with E-state index in [1.165, 1.54) is 44.9 Å². The third-order valence-corrected chi connectivity index (χ3v) is 6.15. The maximum atomic E-state index is 12.3. The maximum Gasteiger partial charge on any atom is 0.315 e. The van der Waals surface area contributed by atoms with Crippen molar-refractivity contribution in [3.8, 4) is 0 Å². The van der Waals surface area contributed by atoms with Crippen LogP contribution >= 0.6 is 0 Å². The number of aliphatic hydroxyl groups is 1. The zero-order valence-electron chi connectivity index (χ0n) is 12.1. The Bertz CT molecular complexity index is 380. The molecule has 4 aliphatic carbocycles. The Morgan fingerprint density at radius 3 is 2.30 bits per heavy atom. The third kappa shape index (κ3) is 2.32. The van der Waals surface area contributed by atoms with Crippen LogP contribution in [-0.2, 0) is 0 Å². The van der Waals surface area contributed by atoms with E-state index in [9.17, 15) is 9.90 Å². The van der Waals surface area contributed by atoms with Crippen LogP contribution in [0.2, 0.25) is 0 Å². The van der Waals surface area contributed by atoms with Crippen LogP contribution in [0.25, 0.3) is 0 Å². The van der Waals surface area contributed by atoms with Gasteiger partial charge in [-0.05, 0) is 68.6 Å². The number of carbonyl (C=O) groups is 1. The number of carbonyl (C=O) groups excluding carboxylic acids is 1. The first-order valence-corrected chi connectivity index (χ1v) is 8.44. The predicted octanol–water partition coefficient (Wildman–Crippen LogP) is 1.88. The van der Waals surface area contributed by atoms with Crippen molar-refractivity contribution in [1.82, 2.24) is 10.6 Å². The lowest BCUT2D eigenvalue weighted by atomic mass is 9.85. The molecular formula is C16H26N2O2. The summed E-state index contributed by atoms with van der Waals surface area (Å²) in [5.41, 5.74) is 0. The number of hydrogen-bond acceptors (Lipinski definition) is 2. The average molecular weight is 278 g/mol. The number of hydrogen-bond donors (Lipinski definition) is 3. The van der Waals surface area contributed by atoms with E-state index < -0.39 is 0 Å². The third-order valence-electron chi connectivity index (χ3n) is 6.15. The van der Waals surface area contributed by atoms with E-state index in [4.69, 9.17) is 0 Å². The van der Waals surface area contributed by atoms with Crippen LogP contribution in [0.3, 0.4) is 0 Å². The summed E-state index contributed by atoms with van der Waals surface area (Å²) < 4.78 is 0. The fourth-order valence-electron chi connectivity index (χ4n) is 4.77. The molecule has 112 valence electrons. The van der Waals surface area contributed by atoms with E-state index >= 15 is 0 Å². The van der Waals surface area contributed by atoms with Crippen molar-refractivity contribution in [3.05, 3.63) is 0 Å². The van der Waals surface area contributed by atoms with Crippen molar-refractivity contribution in [2.75, 3.05) is 6.61 Å². The molecular weight excluding hydrogens is 252 g/mol. The van der Waals surface area contributed by atoms with Gasteiger partial charge in [-0.15, -0.1) is 0 Å². The van der Waals surface area contributed by atoms with E-state index in [1.54, 1.807) is 0 Å². The molecule has 4 rings (SSSR count). The summed E-state index contributed by atoms with van der Waals surface area (Å²) in [7, 11) is 0. The molecule has 4 saturated carbocycles. The van der Waals surface area contributed by atoms with Crippen molar-refractivity contribution in [3.63, 3.8) is 0 Å². The van der Waals surface area contributed by atoms with Crippen molar-refractivity contribution in [2.45, 2.75) is 57.0 Å². The second-order valence-electron chi connectivity index (χ2n) is 7.52. The normalized spacial score (nSPS) is 39.3. The quantitative estimate of drug-likeness (QED) is 0.719. The van der Waals surface area contributed by atoms with E-state index in [-0.39, 0.29) is 18.7 Å². The highest BCUT2D eigenvalue weighted by molar-refractivity contribution is 5.75. The second kappa shape index (κ2) is 4.90. The van der Waals surface area contributed by atoms with Gasteiger partial charge in [0.2, 0.25) is 0 Å². The van der Waals surface area contributed by atoms with Gasteiger partial charge in [-0.25, -0.2) is 4.79 Å². The van der Waals surface area contributed by atoms with Gasteiger partial charge in [0.25, 0.3) is 0 Å². The molecule has 4 fully saturated rings. The molecule has 4 unspecified atom stereocenters. The Labute approximate surface area is 120 Å². The van der Waals surface area contributed by atoms with E-state index in [1.807, 2.05) is 0 Å². The minimum Gasteiger partial charge on any atom is -0.396 e. The zero-order valence-corrected chi connectivity index (χ0v) is 12.1. The highest BCUT2D eigenvalue weighted by Gasteiger charge is 2.48. The van der Waals surface area contributed by atoms with Crippen LogP contribution < -0.4 is 10.6 Å². The standard InChI is InChI=1S/C16H26N2O2/c19-8-13-11-5-6-12(7-11)15(13)18-16(20)17-14(9-1-2-9)10-3-4-10/h9-15,19H,1-8H2,(H2,17,18,20).